The van der Waals surface area contributed by atoms with Crippen molar-refractivity contribution in [2.24, 2.45) is 0 Å². The average Bonchev–Trinajstić information content (AvgIpc) is 2.62. The molecule has 1 N–H and O–H groups in total. The fourth-order valence-electron chi connectivity index (χ4n) is 2.47. The van der Waals surface area contributed by atoms with Crippen LogP contribution in [0.15, 0.2) is 77.4 Å². The second-order valence-electron chi connectivity index (χ2n) is 5.18. The van der Waals surface area contributed by atoms with Crippen LogP contribution in [0, 0.1) is 10.1 Å². The molecule has 6 heteroatoms. The van der Waals surface area contributed by atoms with Gasteiger partial charge < -0.3 is 5.32 Å². The van der Waals surface area contributed by atoms with E-state index in [2.05, 4.69) is 26.2 Å². The van der Waals surface area contributed by atoms with Gasteiger partial charge in [0, 0.05) is 16.7 Å². The van der Waals surface area contributed by atoms with Crippen LogP contribution in [0.25, 0.3) is 0 Å². The van der Waals surface area contributed by atoms with E-state index in [1.165, 1.54) is 6.07 Å². The zero-order valence-corrected chi connectivity index (χ0v) is 14.2. The first-order chi connectivity index (χ1) is 11.6. The minimum atomic E-state index is -0.437. The molecule has 1 aromatic heterocycles. The van der Waals surface area contributed by atoms with Crippen molar-refractivity contribution in [2.75, 3.05) is 5.32 Å². The molecule has 0 radical (unpaired) electrons. The second kappa shape index (κ2) is 7.23. The van der Waals surface area contributed by atoms with Gasteiger partial charge in [-0.05, 0) is 27.1 Å². The summed E-state index contributed by atoms with van der Waals surface area (Å²) in [5.74, 6) is 0.237. The highest BCUT2D eigenvalue weighted by molar-refractivity contribution is 9.10. The normalized spacial score (nSPS) is 10.6. The van der Waals surface area contributed by atoms with Crippen LogP contribution in [0.1, 0.15) is 17.2 Å². The maximum absolute atomic E-state index is 11.3. The summed E-state index contributed by atoms with van der Waals surface area (Å²) in [5.41, 5.74) is 1.94. The molecular weight excluding hydrogens is 370 g/mol. The van der Waals surface area contributed by atoms with Crippen LogP contribution in [-0.4, -0.2) is 9.91 Å². The number of halogens is 1. The fourth-order valence-corrected chi connectivity index (χ4v) is 2.78. The third kappa shape index (κ3) is 3.60. The molecule has 0 aliphatic carbocycles. The standard InChI is InChI=1S/C18H14BrN3O2/c19-15-11-16(22(23)24)18(20-12-15)21-17(13-7-3-1-4-8-13)14-9-5-2-6-10-14/h1-12,17H,(H,20,21). The summed E-state index contributed by atoms with van der Waals surface area (Å²) in [5, 5.41) is 14.5. The van der Waals surface area contributed by atoms with Crippen LogP contribution in [0.5, 0.6) is 0 Å². The van der Waals surface area contributed by atoms with Crippen molar-refractivity contribution in [3.63, 3.8) is 0 Å². The molecule has 120 valence electrons. The SMILES string of the molecule is O=[N+]([O-])c1cc(Br)cnc1NC(c1ccccc1)c1ccccc1. The van der Waals surface area contributed by atoms with Gasteiger partial charge >= 0.3 is 5.69 Å². The molecule has 0 spiro atoms. The quantitative estimate of drug-likeness (QED) is 0.499. The van der Waals surface area contributed by atoms with Gasteiger partial charge in [0.05, 0.1) is 11.0 Å². The number of nitrogens with one attached hydrogen (secondary N) is 1. The smallest absolute Gasteiger partial charge is 0.312 e. The van der Waals surface area contributed by atoms with E-state index in [4.69, 9.17) is 0 Å². The van der Waals surface area contributed by atoms with E-state index in [0.29, 0.717) is 4.47 Å². The molecule has 3 rings (SSSR count). The first-order valence-corrected chi connectivity index (χ1v) is 8.11. The summed E-state index contributed by atoms with van der Waals surface area (Å²) < 4.78 is 0.565. The third-order valence-electron chi connectivity index (χ3n) is 3.58. The highest BCUT2D eigenvalue weighted by Crippen LogP contribution is 2.31. The molecule has 0 atom stereocenters. The van der Waals surface area contributed by atoms with Crippen LogP contribution < -0.4 is 5.32 Å². The van der Waals surface area contributed by atoms with Crippen molar-refractivity contribution in [3.8, 4) is 0 Å². The van der Waals surface area contributed by atoms with Crippen LogP contribution in [0.2, 0.25) is 0 Å². The Hall–Kier alpha value is -2.73. The Balaban J connectivity index is 2.04. The first-order valence-electron chi connectivity index (χ1n) is 7.31. The number of pyridine rings is 1. The molecule has 1 heterocycles. The average molecular weight is 384 g/mol. The number of aromatic nitrogens is 1. The second-order valence-corrected chi connectivity index (χ2v) is 6.09. The van der Waals surface area contributed by atoms with Gasteiger partial charge in [0.2, 0.25) is 5.82 Å². The van der Waals surface area contributed by atoms with Gasteiger partial charge in [-0.25, -0.2) is 4.98 Å². The van der Waals surface area contributed by atoms with Crippen molar-refractivity contribution in [1.29, 1.82) is 0 Å². The number of anilines is 1. The van der Waals surface area contributed by atoms with Gasteiger partial charge in [-0.1, -0.05) is 60.7 Å². The molecule has 0 aliphatic heterocycles. The number of benzene rings is 2. The van der Waals surface area contributed by atoms with Gasteiger partial charge in [-0.3, -0.25) is 10.1 Å². The van der Waals surface area contributed by atoms with Crippen LogP contribution in [0.3, 0.4) is 0 Å². The number of hydrogen-bond acceptors (Lipinski definition) is 4. The minimum Gasteiger partial charge on any atom is -0.353 e. The lowest BCUT2D eigenvalue weighted by molar-refractivity contribution is -0.384. The summed E-state index contributed by atoms with van der Waals surface area (Å²) in [6, 6.07) is 20.8. The fraction of sp³-hybridized carbons (Fsp3) is 0.0556. The van der Waals surface area contributed by atoms with Crippen molar-refractivity contribution < 1.29 is 4.92 Å². The monoisotopic (exact) mass is 383 g/mol. The summed E-state index contributed by atoms with van der Waals surface area (Å²) in [6.45, 7) is 0. The molecule has 0 aliphatic rings. The van der Waals surface area contributed by atoms with Gasteiger partial charge in [-0.2, -0.15) is 0 Å². The molecule has 0 bridgehead atoms. The molecule has 5 nitrogen and oxygen atoms in total. The highest BCUT2D eigenvalue weighted by atomic mass is 79.9. The van der Waals surface area contributed by atoms with E-state index < -0.39 is 4.92 Å². The molecule has 3 aromatic rings. The van der Waals surface area contributed by atoms with Crippen molar-refractivity contribution in [2.45, 2.75) is 6.04 Å². The lowest BCUT2D eigenvalue weighted by atomic mass is 9.99. The Labute approximate surface area is 147 Å². The summed E-state index contributed by atoms with van der Waals surface area (Å²) >= 11 is 3.23. The van der Waals surface area contributed by atoms with Crippen LogP contribution in [-0.2, 0) is 0 Å². The summed E-state index contributed by atoms with van der Waals surface area (Å²) in [6.07, 6.45) is 1.54. The van der Waals surface area contributed by atoms with Gasteiger partial charge in [0.1, 0.15) is 0 Å². The number of nitrogens with zero attached hydrogens (tertiary/aromatic N) is 2. The zero-order valence-electron chi connectivity index (χ0n) is 12.6. The molecule has 0 unspecified atom stereocenters. The number of rotatable bonds is 5. The molecule has 2 aromatic carbocycles. The van der Waals surface area contributed by atoms with Crippen molar-refractivity contribution >= 4 is 27.4 Å². The van der Waals surface area contributed by atoms with E-state index in [-0.39, 0.29) is 17.5 Å². The predicted octanol–water partition coefficient (Wildman–Crippen LogP) is 4.95. The maximum Gasteiger partial charge on any atom is 0.312 e. The molecular formula is C18H14BrN3O2. The summed E-state index contributed by atoms with van der Waals surface area (Å²) in [4.78, 5) is 15.1. The van der Waals surface area contributed by atoms with Crippen molar-refractivity contribution in [1.82, 2.24) is 4.98 Å². The molecule has 0 amide bonds. The molecule has 0 fully saturated rings. The van der Waals surface area contributed by atoms with E-state index in [1.807, 2.05) is 60.7 Å². The van der Waals surface area contributed by atoms with E-state index >= 15 is 0 Å². The molecule has 0 saturated carbocycles. The zero-order chi connectivity index (χ0) is 16.9. The van der Waals surface area contributed by atoms with Gasteiger partial charge in [0.25, 0.3) is 0 Å². The van der Waals surface area contributed by atoms with Crippen LogP contribution in [0.4, 0.5) is 11.5 Å². The van der Waals surface area contributed by atoms with E-state index in [0.717, 1.165) is 11.1 Å². The molecule has 24 heavy (non-hydrogen) atoms. The van der Waals surface area contributed by atoms with Gasteiger partial charge in [-0.15, -0.1) is 0 Å². The van der Waals surface area contributed by atoms with Gasteiger partial charge in [0.15, 0.2) is 0 Å². The number of nitro groups is 1. The number of hydrogen-bond donors (Lipinski definition) is 1. The van der Waals surface area contributed by atoms with E-state index in [1.54, 1.807) is 6.20 Å². The maximum atomic E-state index is 11.3. The first kappa shape index (κ1) is 16.1. The Bertz CT molecular complexity index is 802. The Morgan fingerprint density at radius 1 is 1.00 bits per heavy atom. The van der Waals surface area contributed by atoms with E-state index in [9.17, 15) is 10.1 Å². The topological polar surface area (TPSA) is 68.1 Å². The minimum absolute atomic E-state index is 0.0683. The van der Waals surface area contributed by atoms with Crippen molar-refractivity contribution in [3.05, 3.63) is 98.6 Å². The summed E-state index contributed by atoms with van der Waals surface area (Å²) in [7, 11) is 0. The lowest BCUT2D eigenvalue weighted by Gasteiger charge is -2.20. The van der Waals surface area contributed by atoms with Crippen LogP contribution >= 0.6 is 15.9 Å². The Kier molecular flexibility index (Phi) is 4.86. The Morgan fingerprint density at radius 2 is 1.54 bits per heavy atom. The largest absolute Gasteiger partial charge is 0.353 e. The lowest BCUT2D eigenvalue weighted by Crippen LogP contribution is -2.14. The third-order valence-corrected chi connectivity index (χ3v) is 4.01. The predicted molar refractivity (Wildman–Crippen MR) is 96.9 cm³/mol. The molecule has 0 saturated heterocycles. The highest BCUT2D eigenvalue weighted by Gasteiger charge is 2.21. The Morgan fingerprint density at radius 3 is 2.04 bits per heavy atom.